The zero-order valence-electron chi connectivity index (χ0n) is 26.5. The van der Waals surface area contributed by atoms with Crippen LogP contribution in [0.4, 0.5) is 11.4 Å². The number of nitrogens with two attached hydrogens (primary N) is 2. The first-order valence-corrected chi connectivity index (χ1v) is 16.2. The molecule has 0 aromatic heterocycles. The van der Waals surface area contributed by atoms with Crippen molar-refractivity contribution in [3.8, 4) is 0 Å². The summed E-state index contributed by atoms with van der Waals surface area (Å²) < 4.78 is 0. The average molecular weight is 561 g/mol. The minimum Gasteiger partial charge on any atom is -0.399 e. The van der Waals surface area contributed by atoms with Crippen molar-refractivity contribution in [2.75, 3.05) is 11.5 Å². The molecule has 0 radical (unpaired) electrons. The molecular weight excluding hydrogens is 508 g/mol. The van der Waals surface area contributed by atoms with Crippen molar-refractivity contribution < 1.29 is 0 Å². The topological polar surface area (TPSA) is 52.0 Å². The summed E-state index contributed by atoms with van der Waals surface area (Å²) in [4.78, 5) is 0. The molecule has 0 atom stereocenters. The zero-order valence-corrected chi connectivity index (χ0v) is 26.5. The zero-order chi connectivity index (χ0) is 30.0. The molecular formula is C40H52N2. The van der Waals surface area contributed by atoms with Gasteiger partial charge in [-0.25, -0.2) is 0 Å². The van der Waals surface area contributed by atoms with E-state index in [1.54, 1.807) is 0 Å². The quantitative estimate of drug-likeness (QED) is 0.112. The van der Waals surface area contributed by atoms with Crippen LogP contribution in [0, 0.1) is 13.8 Å². The van der Waals surface area contributed by atoms with E-state index in [4.69, 9.17) is 11.5 Å². The Hall–Kier alpha value is -3.52. The maximum Gasteiger partial charge on any atom is 0.0316 e. The minimum absolute atomic E-state index is 0.0203. The van der Waals surface area contributed by atoms with Crippen molar-refractivity contribution in [2.45, 2.75) is 104 Å². The number of hydrogen-bond acceptors (Lipinski definition) is 2. The molecule has 0 aliphatic rings. The van der Waals surface area contributed by atoms with Gasteiger partial charge in [-0.2, -0.15) is 0 Å². The molecule has 0 spiro atoms. The van der Waals surface area contributed by atoms with Gasteiger partial charge in [0, 0.05) is 16.8 Å². The summed E-state index contributed by atoms with van der Waals surface area (Å²) in [6.07, 6.45) is 13.8. The minimum atomic E-state index is -0.0203. The lowest BCUT2D eigenvalue weighted by Crippen LogP contribution is -2.24. The van der Waals surface area contributed by atoms with E-state index in [0.29, 0.717) is 0 Å². The van der Waals surface area contributed by atoms with Gasteiger partial charge in [0.05, 0.1) is 0 Å². The lowest BCUT2D eigenvalue weighted by molar-refractivity contribution is 0.470. The van der Waals surface area contributed by atoms with E-state index in [1.807, 2.05) is 12.1 Å². The normalized spacial score (nSPS) is 11.6. The van der Waals surface area contributed by atoms with E-state index in [1.165, 1.54) is 95.9 Å². The van der Waals surface area contributed by atoms with Crippen LogP contribution in [0.25, 0.3) is 0 Å². The van der Waals surface area contributed by atoms with Crippen LogP contribution >= 0.6 is 0 Å². The molecule has 2 heteroatoms. The Morgan fingerprint density at radius 2 is 0.929 bits per heavy atom. The molecule has 0 bridgehead atoms. The van der Waals surface area contributed by atoms with E-state index in [0.717, 1.165) is 30.6 Å². The standard InChI is InChI=1S/C40H52N2/c1-5-6-7-8-9-10-11-12-25-40(4,36-19-13-32(14-20-36)28-34-17-23-38(41)26-30(34)2)37-21-15-33(16-22-37)29-35-18-24-39(42)27-31(35)3/h13-24,26-27H,5-12,25,28-29,41-42H2,1-4H3. The molecule has 0 aliphatic carbocycles. The van der Waals surface area contributed by atoms with E-state index in [-0.39, 0.29) is 5.41 Å². The Morgan fingerprint density at radius 3 is 1.33 bits per heavy atom. The molecule has 0 aliphatic heterocycles. The summed E-state index contributed by atoms with van der Waals surface area (Å²) in [5.41, 5.74) is 24.3. The highest BCUT2D eigenvalue weighted by molar-refractivity contribution is 5.48. The fourth-order valence-electron chi connectivity index (χ4n) is 6.32. The summed E-state index contributed by atoms with van der Waals surface area (Å²) in [6.45, 7) is 9.04. The lowest BCUT2D eigenvalue weighted by atomic mass is 9.72. The predicted octanol–water partition coefficient (Wildman–Crippen LogP) is 10.5. The number of rotatable bonds is 15. The molecule has 2 nitrogen and oxygen atoms in total. The van der Waals surface area contributed by atoms with Gasteiger partial charge >= 0.3 is 0 Å². The first-order chi connectivity index (χ1) is 20.3. The second kappa shape index (κ2) is 15.1. The Kier molecular flexibility index (Phi) is 11.3. The Morgan fingerprint density at radius 1 is 0.524 bits per heavy atom. The number of hydrogen-bond donors (Lipinski definition) is 2. The van der Waals surface area contributed by atoms with Gasteiger partial charge in [-0.05, 0) is 102 Å². The Bertz CT molecular complexity index is 1300. The number of anilines is 2. The van der Waals surface area contributed by atoms with Gasteiger partial charge in [-0.15, -0.1) is 0 Å². The third-order valence-electron chi connectivity index (χ3n) is 9.23. The van der Waals surface area contributed by atoms with Gasteiger partial charge < -0.3 is 11.5 Å². The van der Waals surface area contributed by atoms with Crippen LogP contribution in [-0.4, -0.2) is 0 Å². The Balaban J connectivity index is 1.50. The van der Waals surface area contributed by atoms with Crippen molar-refractivity contribution in [3.05, 3.63) is 129 Å². The van der Waals surface area contributed by atoms with Crippen LogP contribution < -0.4 is 11.5 Å². The van der Waals surface area contributed by atoms with Gasteiger partial charge in [-0.3, -0.25) is 0 Å². The largest absolute Gasteiger partial charge is 0.399 e. The molecule has 4 N–H and O–H groups in total. The van der Waals surface area contributed by atoms with Crippen molar-refractivity contribution in [1.29, 1.82) is 0 Å². The van der Waals surface area contributed by atoms with E-state index in [2.05, 4.69) is 100 Å². The van der Waals surface area contributed by atoms with Crippen LogP contribution in [-0.2, 0) is 18.3 Å². The molecule has 42 heavy (non-hydrogen) atoms. The fraction of sp³-hybridized carbons (Fsp3) is 0.400. The monoisotopic (exact) mass is 560 g/mol. The molecule has 0 unspecified atom stereocenters. The SMILES string of the molecule is CCCCCCCCCCC(C)(c1ccc(Cc2ccc(N)cc2C)cc1)c1ccc(Cc2ccc(N)cc2C)cc1. The van der Waals surface area contributed by atoms with Crippen LogP contribution in [0.3, 0.4) is 0 Å². The fourth-order valence-corrected chi connectivity index (χ4v) is 6.32. The molecule has 4 aromatic carbocycles. The summed E-state index contributed by atoms with van der Waals surface area (Å²) in [7, 11) is 0. The summed E-state index contributed by atoms with van der Waals surface area (Å²) >= 11 is 0. The van der Waals surface area contributed by atoms with Gasteiger partial charge in [0.1, 0.15) is 0 Å². The van der Waals surface area contributed by atoms with Crippen LogP contribution in [0.5, 0.6) is 0 Å². The average Bonchev–Trinajstić information content (AvgIpc) is 2.98. The maximum absolute atomic E-state index is 5.99. The molecule has 4 rings (SSSR count). The second-order valence-corrected chi connectivity index (χ2v) is 12.7. The highest BCUT2D eigenvalue weighted by Crippen LogP contribution is 2.38. The highest BCUT2D eigenvalue weighted by Gasteiger charge is 2.28. The van der Waals surface area contributed by atoms with E-state index < -0.39 is 0 Å². The maximum atomic E-state index is 5.99. The van der Waals surface area contributed by atoms with Crippen LogP contribution in [0.15, 0.2) is 84.9 Å². The lowest BCUT2D eigenvalue weighted by Gasteiger charge is -2.32. The number of nitrogen functional groups attached to an aromatic ring is 2. The van der Waals surface area contributed by atoms with Gasteiger partial charge in [0.2, 0.25) is 0 Å². The van der Waals surface area contributed by atoms with Crippen LogP contribution in [0.2, 0.25) is 0 Å². The van der Waals surface area contributed by atoms with Crippen molar-refractivity contribution in [1.82, 2.24) is 0 Å². The van der Waals surface area contributed by atoms with Gasteiger partial charge in [0.25, 0.3) is 0 Å². The van der Waals surface area contributed by atoms with Gasteiger partial charge in [0.15, 0.2) is 0 Å². The van der Waals surface area contributed by atoms with Gasteiger partial charge in [-0.1, -0.05) is 126 Å². The smallest absolute Gasteiger partial charge is 0.0316 e. The third-order valence-corrected chi connectivity index (χ3v) is 9.23. The first-order valence-electron chi connectivity index (χ1n) is 16.2. The molecule has 0 saturated carbocycles. The molecule has 0 amide bonds. The third kappa shape index (κ3) is 8.51. The molecule has 0 saturated heterocycles. The van der Waals surface area contributed by atoms with E-state index >= 15 is 0 Å². The molecule has 0 heterocycles. The highest BCUT2D eigenvalue weighted by atomic mass is 14.5. The van der Waals surface area contributed by atoms with Crippen molar-refractivity contribution in [3.63, 3.8) is 0 Å². The molecule has 4 aromatic rings. The second-order valence-electron chi connectivity index (χ2n) is 12.7. The summed E-state index contributed by atoms with van der Waals surface area (Å²) in [6, 6.07) is 31.3. The molecule has 0 fully saturated rings. The number of unbranched alkanes of at least 4 members (excludes halogenated alkanes) is 7. The van der Waals surface area contributed by atoms with Crippen molar-refractivity contribution >= 4 is 11.4 Å². The summed E-state index contributed by atoms with van der Waals surface area (Å²) in [5, 5.41) is 0. The number of aryl methyl sites for hydroxylation is 2. The van der Waals surface area contributed by atoms with Crippen LogP contribution in [0.1, 0.15) is 116 Å². The predicted molar refractivity (Wildman–Crippen MR) is 183 cm³/mol. The first kappa shape index (κ1) is 31.4. The Labute approximate surface area is 255 Å². The summed E-state index contributed by atoms with van der Waals surface area (Å²) in [5.74, 6) is 0. The molecule has 222 valence electrons. The number of benzene rings is 4. The van der Waals surface area contributed by atoms with Crippen molar-refractivity contribution in [2.24, 2.45) is 0 Å². The van der Waals surface area contributed by atoms with E-state index in [9.17, 15) is 0 Å².